The predicted octanol–water partition coefficient (Wildman–Crippen LogP) is 2.71. The first-order valence-corrected chi connectivity index (χ1v) is 4.06. The van der Waals surface area contributed by atoms with E-state index in [0.29, 0.717) is 12.8 Å². The van der Waals surface area contributed by atoms with E-state index in [9.17, 15) is 8.78 Å². The topological polar surface area (TPSA) is 0 Å². The van der Waals surface area contributed by atoms with E-state index in [0.717, 1.165) is 11.1 Å². The number of benzene rings is 1. The van der Waals surface area contributed by atoms with E-state index in [2.05, 4.69) is 0 Å². The summed E-state index contributed by atoms with van der Waals surface area (Å²) in [5.41, 5.74) is 1.94. The maximum Gasteiger partial charge on any atom is 0.0934 e. The summed E-state index contributed by atoms with van der Waals surface area (Å²) < 4.78 is 23.7. The molecule has 0 aliphatic heterocycles. The van der Waals surface area contributed by atoms with Crippen molar-refractivity contribution in [2.24, 2.45) is 0 Å². The Kier molecular flexibility index (Phi) is 3.71. The number of aryl methyl sites for hydroxylation is 2. The van der Waals surface area contributed by atoms with Crippen LogP contribution in [0.15, 0.2) is 24.3 Å². The van der Waals surface area contributed by atoms with Gasteiger partial charge in [-0.05, 0) is 11.1 Å². The zero-order valence-electron chi connectivity index (χ0n) is 6.89. The van der Waals surface area contributed by atoms with E-state index in [1.54, 1.807) is 0 Å². The van der Waals surface area contributed by atoms with Crippen LogP contribution >= 0.6 is 0 Å². The molecule has 0 atom stereocenters. The molecule has 0 heterocycles. The highest BCUT2D eigenvalue weighted by molar-refractivity contribution is 5.22. The molecule has 66 valence electrons. The average Bonchev–Trinajstić information content (AvgIpc) is 2.09. The maximum absolute atomic E-state index is 11.9. The zero-order chi connectivity index (χ0) is 8.81. The molecule has 0 nitrogen and oxygen atoms in total. The van der Waals surface area contributed by atoms with Crippen LogP contribution < -0.4 is 0 Å². The minimum absolute atomic E-state index is 0.331. The summed E-state index contributed by atoms with van der Waals surface area (Å²) in [6.07, 6.45) is 0.909. The normalized spacial score (nSPS) is 10.2. The predicted molar refractivity (Wildman–Crippen MR) is 45.8 cm³/mol. The van der Waals surface area contributed by atoms with Gasteiger partial charge in [-0.3, -0.25) is 8.78 Å². The van der Waals surface area contributed by atoms with Crippen molar-refractivity contribution in [1.29, 1.82) is 0 Å². The molecule has 12 heavy (non-hydrogen) atoms. The fourth-order valence-corrected chi connectivity index (χ4v) is 1.09. The van der Waals surface area contributed by atoms with Gasteiger partial charge in [0.25, 0.3) is 0 Å². The molecule has 0 aliphatic carbocycles. The molecule has 0 bridgehead atoms. The monoisotopic (exact) mass is 170 g/mol. The quantitative estimate of drug-likeness (QED) is 0.651. The summed E-state index contributed by atoms with van der Waals surface area (Å²) in [7, 11) is 0. The van der Waals surface area contributed by atoms with Crippen molar-refractivity contribution >= 4 is 0 Å². The lowest BCUT2D eigenvalue weighted by atomic mass is 10.1. The molecule has 0 amide bonds. The third-order valence-corrected chi connectivity index (χ3v) is 1.79. The van der Waals surface area contributed by atoms with Gasteiger partial charge in [-0.1, -0.05) is 24.3 Å². The summed E-state index contributed by atoms with van der Waals surface area (Å²) in [4.78, 5) is 0. The Morgan fingerprint density at radius 2 is 1.08 bits per heavy atom. The molecule has 0 unspecified atom stereocenters. The van der Waals surface area contributed by atoms with Crippen molar-refractivity contribution in [3.05, 3.63) is 35.4 Å². The molecule has 0 N–H and O–H groups in total. The minimum Gasteiger partial charge on any atom is -0.251 e. The smallest absolute Gasteiger partial charge is 0.0934 e. The van der Waals surface area contributed by atoms with Crippen LogP contribution in [0, 0.1) is 0 Å². The Labute approximate surface area is 71.2 Å². The highest BCUT2D eigenvalue weighted by Crippen LogP contribution is 2.06. The van der Waals surface area contributed by atoms with Crippen molar-refractivity contribution in [3.63, 3.8) is 0 Å². The Balaban J connectivity index is 2.58. The summed E-state index contributed by atoms with van der Waals surface area (Å²) in [6.45, 7) is -0.662. The van der Waals surface area contributed by atoms with Crippen LogP contribution in [0.5, 0.6) is 0 Å². The van der Waals surface area contributed by atoms with E-state index >= 15 is 0 Å². The van der Waals surface area contributed by atoms with Crippen molar-refractivity contribution in [2.75, 3.05) is 13.3 Å². The number of alkyl halides is 2. The Morgan fingerprint density at radius 1 is 0.750 bits per heavy atom. The molecular weight excluding hydrogens is 158 g/mol. The van der Waals surface area contributed by atoms with Crippen molar-refractivity contribution in [2.45, 2.75) is 12.8 Å². The van der Waals surface area contributed by atoms with Gasteiger partial charge in [-0.2, -0.15) is 0 Å². The molecule has 0 aromatic heterocycles. The van der Waals surface area contributed by atoms with Gasteiger partial charge in [0.05, 0.1) is 13.3 Å². The molecule has 1 rings (SSSR count). The summed E-state index contributed by atoms with van der Waals surface area (Å²) in [6, 6.07) is 7.41. The lowest BCUT2D eigenvalue weighted by Crippen LogP contribution is -1.89. The molecule has 2 heteroatoms. The standard InChI is InChI=1S/C10H12F2/c11-7-5-9-1-2-10(4-3-9)6-8-12/h1-4H,5-8H2. The van der Waals surface area contributed by atoms with E-state index in [4.69, 9.17) is 0 Å². The maximum atomic E-state index is 11.9. The molecule has 1 aromatic carbocycles. The van der Waals surface area contributed by atoms with Gasteiger partial charge in [0.1, 0.15) is 0 Å². The summed E-state index contributed by atoms with van der Waals surface area (Å²) >= 11 is 0. The molecule has 0 fully saturated rings. The van der Waals surface area contributed by atoms with E-state index < -0.39 is 0 Å². The van der Waals surface area contributed by atoms with Gasteiger partial charge >= 0.3 is 0 Å². The molecule has 1 aromatic rings. The average molecular weight is 170 g/mol. The molecule has 0 saturated heterocycles. The zero-order valence-corrected chi connectivity index (χ0v) is 6.89. The summed E-state index contributed by atoms with van der Waals surface area (Å²) in [5.74, 6) is 0. The van der Waals surface area contributed by atoms with Crippen LogP contribution in [0.4, 0.5) is 8.78 Å². The van der Waals surface area contributed by atoms with Crippen molar-refractivity contribution < 1.29 is 8.78 Å². The van der Waals surface area contributed by atoms with Crippen LogP contribution in [0.2, 0.25) is 0 Å². The van der Waals surface area contributed by atoms with Gasteiger partial charge in [0.2, 0.25) is 0 Å². The van der Waals surface area contributed by atoms with Gasteiger partial charge in [0, 0.05) is 12.8 Å². The second kappa shape index (κ2) is 4.86. The SMILES string of the molecule is FCCc1ccc(CCF)cc1. The second-order valence-corrected chi connectivity index (χ2v) is 2.69. The largest absolute Gasteiger partial charge is 0.251 e. The lowest BCUT2D eigenvalue weighted by molar-refractivity contribution is 0.493. The Bertz CT molecular complexity index is 191. The van der Waals surface area contributed by atoms with Gasteiger partial charge in [-0.15, -0.1) is 0 Å². The van der Waals surface area contributed by atoms with Gasteiger partial charge < -0.3 is 0 Å². The van der Waals surface area contributed by atoms with E-state index in [1.165, 1.54) is 0 Å². The number of hydrogen-bond acceptors (Lipinski definition) is 0. The Hall–Kier alpha value is -0.920. The molecule has 0 radical (unpaired) electrons. The molecule has 0 saturated carbocycles. The van der Waals surface area contributed by atoms with Crippen molar-refractivity contribution in [3.8, 4) is 0 Å². The van der Waals surface area contributed by atoms with E-state index in [1.807, 2.05) is 24.3 Å². The first-order chi connectivity index (χ1) is 5.86. The molecular formula is C10H12F2. The van der Waals surface area contributed by atoms with Crippen LogP contribution in [0.1, 0.15) is 11.1 Å². The van der Waals surface area contributed by atoms with Gasteiger partial charge in [-0.25, -0.2) is 0 Å². The summed E-state index contributed by atoms with van der Waals surface area (Å²) in [5, 5.41) is 0. The third-order valence-electron chi connectivity index (χ3n) is 1.79. The molecule has 0 spiro atoms. The van der Waals surface area contributed by atoms with Crippen LogP contribution in [0.3, 0.4) is 0 Å². The van der Waals surface area contributed by atoms with Crippen LogP contribution in [-0.4, -0.2) is 13.3 Å². The number of rotatable bonds is 4. The van der Waals surface area contributed by atoms with Crippen LogP contribution in [-0.2, 0) is 12.8 Å². The van der Waals surface area contributed by atoms with Crippen molar-refractivity contribution in [1.82, 2.24) is 0 Å². The lowest BCUT2D eigenvalue weighted by Gasteiger charge is -1.99. The first-order valence-electron chi connectivity index (χ1n) is 4.06. The highest BCUT2D eigenvalue weighted by Gasteiger charge is 1.94. The highest BCUT2D eigenvalue weighted by atomic mass is 19.1. The first kappa shape index (κ1) is 9.17. The number of hydrogen-bond donors (Lipinski definition) is 0. The van der Waals surface area contributed by atoms with E-state index in [-0.39, 0.29) is 13.3 Å². The molecule has 0 aliphatic rings. The third kappa shape index (κ3) is 2.61. The fraction of sp³-hybridized carbons (Fsp3) is 0.400. The Morgan fingerprint density at radius 3 is 1.33 bits per heavy atom. The van der Waals surface area contributed by atoms with Gasteiger partial charge in [0.15, 0.2) is 0 Å². The second-order valence-electron chi connectivity index (χ2n) is 2.69. The number of halogens is 2. The fourth-order valence-electron chi connectivity index (χ4n) is 1.09. The van der Waals surface area contributed by atoms with Crippen LogP contribution in [0.25, 0.3) is 0 Å². The minimum atomic E-state index is -0.331.